The Morgan fingerprint density at radius 2 is 1.92 bits per heavy atom. The first-order valence-corrected chi connectivity index (χ1v) is 7.49. The molecule has 0 bridgehead atoms. The van der Waals surface area contributed by atoms with Crippen molar-refractivity contribution in [2.24, 2.45) is 0 Å². The van der Waals surface area contributed by atoms with E-state index in [0.717, 1.165) is 22.6 Å². The molecule has 0 saturated carbocycles. The Balaban J connectivity index is 1.84. The largest absolute Gasteiger partial charge is 0.489 e. The molecular weight excluding hydrogens is 312 g/mol. The molecule has 2 aromatic rings. The summed E-state index contributed by atoms with van der Waals surface area (Å²) < 4.78 is 15.6. The number of likely N-dealkylation sites (N-methyl/N-ethyl adjacent to an activating group) is 1. The molecule has 128 valence electrons. The summed E-state index contributed by atoms with van der Waals surface area (Å²) in [7, 11) is 1.48. The van der Waals surface area contributed by atoms with Crippen molar-refractivity contribution in [1.82, 2.24) is 10.5 Å². The number of esters is 1. The first kappa shape index (κ1) is 17.5. The number of nitrogens with zero attached hydrogens (tertiary/aromatic N) is 1. The topological polar surface area (TPSA) is 90.7 Å². The van der Waals surface area contributed by atoms with Gasteiger partial charge in [0.2, 0.25) is 0 Å². The van der Waals surface area contributed by atoms with E-state index in [0.29, 0.717) is 12.4 Å². The fraction of sp³-hybridized carbons (Fsp3) is 0.353. The fourth-order valence-electron chi connectivity index (χ4n) is 2.00. The van der Waals surface area contributed by atoms with Crippen LogP contribution >= 0.6 is 0 Å². The molecular formula is C17H20N2O5. The van der Waals surface area contributed by atoms with Crippen LogP contribution in [0.1, 0.15) is 22.6 Å². The minimum Gasteiger partial charge on any atom is -0.489 e. The molecule has 0 spiro atoms. The molecule has 0 unspecified atom stereocenters. The van der Waals surface area contributed by atoms with Crippen LogP contribution in [-0.2, 0) is 27.4 Å². The van der Waals surface area contributed by atoms with Crippen molar-refractivity contribution in [2.75, 3.05) is 13.7 Å². The van der Waals surface area contributed by atoms with Crippen LogP contribution < -0.4 is 10.1 Å². The Morgan fingerprint density at radius 1 is 1.21 bits per heavy atom. The van der Waals surface area contributed by atoms with Crippen LogP contribution in [-0.4, -0.2) is 30.7 Å². The van der Waals surface area contributed by atoms with E-state index in [4.69, 9.17) is 14.0 Å². The van der Waals surface area contributed by atoms with Crippen molar-refractivity contribution in [1.29, 1.82) is 0 Å². The summed E-state index contributed by atoms with van der Waals surface area (Å²) >= 11 is 0. The van der Waals surface area contributed by atoms with Crippen LogP contribution in [0.3, 0.4) is 0 Å². The number of carbonyl (C=O) groups is 2. The molecule has 1 N–H and O–H groups in total. The van der Waals surface area contributed by atoms with E-state index < -0.39 is 5.97 Å². The molecule has 0 aliphatic rings. The highest BCUT2D eigenvalue weighted by atomic mass is 16.5. The van der Waals surface area contributed by atoms with Crippen molar-refractivity contribution in [3.8, 4) is 5.75 Å². The molecule has 0 aliphatic heterocycles. The van der Waals surface area contributed by atoms with Gasteiger partial charge in [-0.2, -0.15) is 0 Å². The van der Waals surface area contributed by atoms with E-state index in [1.54, 1.807) is 24.3 Å². The van der Waals surface area contributed by atoms with Gasteiger partial charge in [-0.15, -0.1) is 0 Å². The molecule has 24 heavy (non-hydrogen) atoms. The van der Waals surface area contributed by atoms with Crippen LogP contribution in [0.4, 0.5) is 0 Å². The Labute approximate surface area is 139 Å². The molecule has 7 nitrogen and oxygen atoms in total. The molecule has 0 saturated heterocycles. The number of rotatable bonds is 7. The van der Waals surface area contributed by atoms with Crippen molar-refractivity contribution in [2.45, 2.75) is 26.9 Å². The summed E-state index contributed by atoms with van der Waals surface area (Å²) in [6, 6.07) is 7.12. The molecule has 1 heterocycles. The third-order valence-corrected chi connectivity index (χ3v) is 3.48. The van der Waals surface area contributed by atoms with E-state index in [2.05, 4.69) is 10.5 Å². The van der Waals surface area contributed by atoms with Gasteiger partial charge in [-0.1, -0.05) is 17.3 Å². The molecule has 1 aromatic carbocycles. The van der Waals surface area contributed by atoms with Crippen LogP contribution in [0.25, 0.3) is 0 Å². The number of nitrogens with one attached hydrogen (secondary N) is 1. The SMILES string of the molecule is CNC(=O)COC(=O)Cc1ccc(OCc2c(C)noc2C)cc1. The third kappa shape index (κ3) is 4.84. The predicted octanol–water partition coefficient (Wildman–Crippen LogP) is 1.70. The Kier molecular flexibility index (Phi) is 5.95. The highest BCUT2D eigenvalue weighted by Gasteiger charge is 2.10. The molecule has 2 rings (SSSR count). The molecule has 1 aromatic heterocycles. The van der Waals surface area contributed by atoms with Crippen LogP contribution in [0.15, 0.2) is 28.8 Å². The second-order valence-electron chi connectivity index (χ2n) is 5.25. The Bertz CT molecular complexity index is 687. The summed E-state index contributed by atoms with van der Waals surface area (Å²) in [6.45, 7) is 3.80. The zero-order valence-electron chi connectivity index (χ0n) is 13.9. The average Bonchev–Trinajstić information content (AvgIpc) is 2.90. The van der Waals surface area contributed by atoms with Crippen LogP contribution in [0, 0.1) is 13.8 Å². The molecule has 0 atom stereocenters. The molecule has 0 aliphatic carbocycles. The van der Waals surface area contributed by atoms with E-state index in [1.807, 2.05) is 13.8 Å². The molecule has 0 fully saturated rings. The van der Waals surface area contributed by atoms with Gasteiger partial charge in [0.1, 0.15) is 18.1 Å². The summed E-state index contributed by atoms with van der Waals surface area (Å²) in [4.78, 5) is 22.6. The van der Waals surface area contributed by atoms with Gasteiger partial charge < -0.3 is 19.3 Å². The van der Waals surface area contributed by atoms with Crippen LogP contribution in [0.2, 0.25) is 0 Å². The maximum absolute atomic E-state index is 11.6. The second kappa shape index (κ2) is 8.14. The Morgan fingerprint density at radius 3 is 2.50 bits per heavy atom. The van der Waals surface area contributed by atoms with Crippen LogP contribution in [0.5, 0.6) is 5.75 Å². The number of aryl methyl sites for hydroxylation is 2. The predicted molar refractivity (Wildman–Crippen MR) is 85.5 cm³/mol. The van der Waals surface area contributed by atoms with E-state index in [-0.39, 0.29) is 18.9 Å². The van der Waals surface area contributed by atoms with Crippen molar-refractivity contribution in [3.63, 3.8) is 0 Å². The fourth-order valence-corrected chi connectivity index (χ4v) is 2.00. The lowest BCUT2D eigenvalue weighted by atomic mass is 10.1. The molecule has 0 radical (unpaired) electrons. The summed E-state index contributed by atoms with van der Waals surface area (Å²) in [5.41, 5.74) is 2.52. The van der Waals surface area contributed by atoms with Crippen molar-refractivity contribution in [3.05, 3.63) is 46.8 Å². The first-order valence-electron chi connectivity index (χ1n) is 7.49. The van der Waals surface area contributed by atoms with Crippen molar-refractivity contribution >= 4 is 11.9 Å². The smallest absolute Gasteiger partial charge is 0.310 e. The number of ether oxygens (including phenoxy) is 2. The summed E-state index contributed by atoms with van der Waals surface area (Å²) in [6.07, 6.45) is 0.0984. The Hall–Kier alpha value is -2.83. The lowest BCUT2D eigenvalue weighted by Crippen LogP contribution is -2.25. The van der Waals surface area contributed by atoms with Gasteiger partial charge in [0.05, 0.1) is 17.7 Å². The maximum atomic E-state index is 11.6. The van der Waals surface area contributed by atoms with Gasteiger partial charge in [0.25, 0.3) is 5.91 Å². The second-order valence-corrected chi connectivity index (χ2v) is 5.25. The zero-order valence-corrected chi connectivity index (χ0v) is 13.9. The molecule has 1 amide bonds. The first-order chi connectivity index (χ1) is 11.5. The monoisotopic (exact) mass is 332 g/mol. The van der Waals surface area contributed by atoms with Gasteiger partial charge in [-0.05, 0) is 31.5 Å². The summed E-state index contributed by atoms with van der Waals surface area (Å²) in [5, 5.41) is 6.26. The van der Waals surface area contributed by atoms with Gasteiger partial charge in [0, 0.05) is 7.05 Å². The minimum atomic E-state index is -0.456. The number of amides is 1. The highest BCUT2D eigenvalue weighted by molar-refractivity contribution is 5.80. The number of carbonyl (C=O) groups excluding carboxylic acids is 2. The quantitative estimate of drug-likeness (QED) is 0.776. The highest BCUT2D eigenvalue weighted by Crippen LogP contribution is 2.18. The lowest BCUT2D eigenvalue weighted by molar-refractivity contribution is -0.147. The van der Waals surface area contributed by atoms with Crippen molar-refractivity contribution < 1.29 is 23.6 Å². The number of aromatic nitrogens is 1. The standard InChI is InChI=1S/C17H20N2O5/c1-11-15(12(2)24-19-11)9-22-14-6-4-13(5-7-14)8-17(21)23-10-16(20)18-3/h4-7H,8-10H2,1-3H3,(H,18,20). The number of hydrogen-bond donors (Lipinski definition) is 1. The van der Waals surface area contributed by atoms with Gasteiger partial charge >= 0.3 is 5.97 Å². The third-order valence-electron chi connectivity index (χ3n) is 3.48. The average molecular weight is 332 g/mol. The maximum Gasteiger partial charge on any atom is 0.310 e. The number of benzene rings is 1. The normalized spacial score (nSPS) is 10.3. The van der Waals surface area contributed by atoms with Gasteiger partial charge in [-0.3, -0.25) is 9.59 Å². The van der Waals surface area contributed by atoms with E-state index in [1.165, 1.54) is 7.05 Å². The molecule has 7 heteroatoms. The number of hydrogen-bond acceptors (Lipinski definition) is 6. The van der Waals surface area contributed by atoms with Gasteiger partial charge in [0.15, 0.2) is 6.61 Å². The van der Waals surface area contributed by atoms with E-state index in [9.17, 15) is 9.59 Å². The minimum absolute atomic E-state index is 0.0984. The summed E-state index contributed by atoms with van der Waals surface area (Å²) in [5.74, 6) is 0.620. The van der Waals surface area contributed by atoms with E-state index >= 15 is 0 Å². The van der Waals surface area contributed by atoms with Gasteiger partial charge in [-0.25, -0.2) is 0 Å². The zero-order chi connectivity index (χ0) is 17.5. The lowest BCUT2D eigenvalue weighted by Gasteiger charge is -2.07.